The smallest absolute Gasteiger partial charge is 0.267 e. The van der Waals surface area contributed by atoms with Crippen molar-refractivity contribution in [2.24, 2.45) is 0 Å². The molecule has 0 saturated carbocycles. The Kier molecular flexibility index (Phi) is 4.79. The molecule has 2 aromatic rings. The van der Waals surface area contributed by atoms with Gasteiger partial charge in [0, 0.05) is 48.7 Å². The SMILES string of the molecule is CC(=N)c1ccc(C#CC2(O)CCN(C)C2=O)cc1Nc1ccnc(N)n1. The van der Waals surface area contributed by atoms with Gasteiger partial charge in [0.05, 0.1) is 0 Å². The summed E-state index contributed by atoms with van der Waals surface area (Å²) in [6.45, 7) is 2.15. The molecule has 8 heteroatoms. The number of nitrogen functional groups attached to an aromatic ring is 1. The van der Waals surface area contributed by atoms with Crippen molar-refractivity contribution in [1.29, 1.82) is 5.41 Å². The fraction of sp³-hybridized carbons (Fsp3) is 0.263. The number of aromatic nitrogens is 2. The number of rotatable bonds is 3. The molecule has 0 radical (unpaired) electrons. The maximum atomic E-state index is 12.0. The summed E-state index contributed by atoms with van der Waals surface area (Å²) in [5.74, 6) is 5.79. The Morgan fingerprint density at radius 1 is 1.44 bits per heavy atom. The lowest BCUT2D eigenvalue weighted by Crippen LogP contribution is -2.37. The Hall–Kier alpha value is -3.44. The third-order valence-electron chi connectivity index (χ3n) is 4.28. The summed E-state index contributed by atoms with van der Waals surface area (Å²) in [6, 6.07) is 6.90. The number of anilines is 3. The monoisotopic (exact) mass is 364 g/mol. The van der Waals surface area contributed by atoms with Gasteiger partial charge < -0.3 is 26.5 Å². The van der Waals surface area contributed by atoms with Crippen LogP contribution in [0.5, 0.6) is 0 Å². The minimum Gasteiger partial charge on any atom is -0.369 e. The average Bonchev–Trinajstić information content (AvgIpc) is 2.88. The molecule has 0 bridgehead atoms. The molecule has 1 amide bonds. The summed E-state index contributed by atoms with van der Waals surface area (Å²) < 4.78 is 0. The Labute approximate surface area is 156 Å². The van der Waals surface area contributed by atoms with Crippen molar-refractivity contribution in [3.63, 3.8) is 0 Å². The number of likely N-dealkylation sites (N-methyl/N-ethyl adjacent to an activating group) is 1. The van der Waals surface area contributed by atoms with Crippen LogP contribution in [0, 0.1) is 17.3 Å². The van der Waals surface area contributed by atoms with Gasteiger partial charge in [-0.25, -0.2) is 4.98 Å². The number of hydrogen-bond acceptors (Lipinski definition) is 7. The molecular formula is C19H20N6O2. The molecule has 2 heterocycles. The van der Waals surface area contributed by atoms with Crippen LogP contribution < -0.4 is 11.1 Å². The fourth-order valence-electron chi connectivity index (χ4n) is 2.78. The van der Waals surface area contributed by atoms with Crippen LogP contribution in [0.1, 0.15) is 24.5 Å². The predicted octanol–water partition coefficient (Wildman–Crippen LogP) is 1.13. The van der Waals surface area contributed by atoms with Gasteiger partial charge in [-0.1, -0.05) is 11.8 Å². The first-order valence-electron chi connectivity index (χ1n) is 8.35. The zero-order valence-corrected chi connectivity index (χ0v) is 15.1. The highest BCUT2D eigenvalue weighted by molar-refractivity contribution is 6.02. The normalized spacial score (nSPS) is 18.8. The predicted molar refractivity (Wildman–Crippen MR) is 103 cm³/mol. The summed E-state index contributed by atoms with van der Waals surface area (Å²) in [7, 11) is 1.64. The molecule has 5 N–H and O–H groups in total. The number of aliphatic hydroxyl groups is 1. The summed E-state index contributed by atoms with van der Waals surface area (Å²) in [5, 5.41) is 21.5. The molecule has 1 atom stereocenters. The minimum absolute atomic E-state index is 0.134. The molecule has 8 nitrogen and oxygen atoms in total. The van der Waals surface area contributed by atoms with E-state index in [1.165, 1.54) is 11.1 Å². The van der Waals surface area contributed by atoms with E-state index < -0.39 is 11.5 Å². The molecule has 1 aromatic carbocycles. The van der Waals surface area contributed by atoms with Crippen molar-refractivity contribution in [2.75, 3.05) is 24.6 Å². The molecule has 1 aliphatic heterocycles. The summed E-state index contributed by atoms with van der Waals surface area (Å²) >= 11 is 0. The van der Waals surface area contributed by atoms with Crippen molar-refractivity contribution in [3.8, 4) is 11.8 Å². The van der Waals surface area contributed by atoms with Gasteiger partial charge in [-0.05, 0) is 31.2 Å². The molecular weight excluding hydrogens is 344 g/mol. The van der Waals surface area contributed by atoms with Gasteiger partial charge in [0.15, 0.2) is 0 Å². The van der Waals surface area contributed by atoms with E-state index in [-0.39, 0.29) is 12.4 Å². The molecule has 3 rings (SSSR count). The number of hydrogen-bond donors (Lipinski definition) is 4. The lowest BCUT2D eigenvalue weighted by Gasteiger charge is -2.14. The largest absolute Gasteiger partial charge is 0.369 e. The van der Waals surface area contributed by atoms with E-state index in [1.807, 2.05) is 0 Å². The number of benzene rings is 1. The number of nitrogens with zero attached hydrogens (tertiary/aromatic N) is 3. The van der Waals surface area contributed by atoms with Crippen molar-refractivity contribution < 1.29 is 9.90 Å². The lowest BCUT2D eigenvalue weighted by molar-refractivity contribution is -0.137. The molecule has 138 valence electrons. The van der Waals surface area contributed by atoms with Gasteiger partial charge in [-0.15, -0.1) is 0 Å². The van der Waals surface area contributed by atoms with E-state index in [1.54, 1.807) is 38.2 Å². The van der Waals surface area contributed by atoms with Crippen molar-refractivity contribution in [3.05, 3.63) is 41.6 Å². The van der Waals surface area contributed by atoms with E-state index in [9.17, 15) is 9.90 Å². The van der Waals surface area contributed by atoms with Crippen molar-refractivity contribution in [1.82, 2.24) is 14.9 Å². The Bertz CT molecular complexity index is 978. The van der Waals surface area contributed by atoms with Crippen LogP contribution in [0.4, 0.5) is 17.5 Å². The number of nitrogens with one attached hydrogen (secondary N) is 2. The highest BCUT2D eigenvalue weighted by Crippen LogP contribution is 2.24. The third-order valence-corrected chi connectivity index (χ3v) is 4.28. The minimum atomic E-state index is -1.65. The van der Waals surface area contributed by atoms with Gasteiger partial charge >= 0.3 is 0 Å². The van der Waals surface area contributed by atoms with Gasteiger partial charge in [-0.3, -0.25) is 4.79 Å². The Morgan fingerprint density at radius 3 is 2.85 bits per heavy atom. The van der Waals surface area contributed by atoms with Crippen LogP contribution in [-0.4, -0.2) is 50.8 Å². The van der Waals surface area contributed by atoms with E-state index in [4.69, 9.17) is 11.1 Å². The maximum Gasteiger partial charge on any atom is 0.267 e. The van der Waals surface area contributed by atoms with Crippen LogP contribution in [0.3, 0.4) is 0 Å². The van der Waals surface area contributed by atoms with Gasteiger partial charge in [0.1, 0.15) is 5.82 Å². The zero-order chi connectivity index (χ0) is 19.6. The van der Waals surface area contributed by atoms with Crippen LogP contribution in [0.2, 0.25) is 0 Å². The molecule has 0 aliphatic carbocycles. The molecule has 1 aromatic heterocycles. The van der Waals surface area contributed by atoms with Crippen LogP contribution in [-0.2, 0) is 4.79 Å². The second-order valence-electron chi connectivity index (χ2n) is 6.40. The Balaban J connectivity index is 1.94. The van der Waals surface area contributed by atoms with E-state index in [0.29, 0.717) is 34.9 Å². The highest BCUT2D eigenvalue weighted by Gasteiger charge is 2.42. The first-order valence-corrected chi connectivity index (χ1v) is 8.35. The van der Waals surface area contributed by atoms with Gasteiger partial charge in [0.25, 0.3) is 5.91 Å². The van der Waals surface area contributed by atoms with Crippen molar-refractivity contribution in [2.45, 2.75) is 18.9 Å². The number of amides is 1. The first-order chi connectivity index (χ1) is 12.8. The molecule has 27 heavy (non-hydrogen) atoms. The molecule has 0 spiro atoms. The number of carbonyl (C=O) groups excluding carboxylic acids is 1. The molecule has 1 fully saturated rings. The fourth-order valence-corrected chi connectivity index (χ4v) is 2.78. The highest BCUT2D eigenvalue weighted by atomic mass is 16.3. The second-order valence-corrected chi connectivity index (χ2v) is 6.40. The maximum absolute atomic E-state index is 12.0. The van der Waals surface area contributed by atoms with E-state index >= 15 is 0 Å². The lowest BCUT2D eigenvalue weighted by atomic mass is 10.0. The quantitative estimate of drug-likeness (QED) is 0.477. The first kappa shape index (κ1) is 18.4. The van der Waals surface area contributed by atoms with Crippen molar-refractivity contribution >= 4 is 29.1 Å². The van der Waals surface area contributed by atoms with E-state index in [0.717, 1.165) is 0 Å². The van der Waals surface area contributed by atoms with Crippen LogP contribution in [0.15, 0.2) is 30.5 Å². The van der Waals surface area contributed by atoms with Gasteiger partial charge in [-0.2, -0.15) is 4.98 Å². The van der Waals surface area contributed by atoms with Crippen LogP contribution in [0.25, 0.3) is 0 Å². The Morgan fingerprint density at radius 2 is 2.22 bits per heavy atom. The summed E-state index contributed by atoms with van der Waals surface area (Å²) in [5.41, 5.74) is 6.21. The standard InChI is InChI=1S/C19H20N6O2/c1-12(20)14-4-3-13(5-7-19(27)8-10-25(2)17(19)26)11-15(14)23-16-6-9-22-18(21)24-16/h3-4,6,9,11,20,27H,8,10H2,1-2H3,(H3,21,22,23,24). The molecule has 1 saturated heterocycles. The summed E-state index contributed by atoms with van der Waals surface area (Å²) in [4.78, 5) is 21.4. The second kappa shape index (κ2) is 7.05. The molecule has 1 unspecified atom stereocenters. The topological polar surface area (TPSA) is 128 Å². The summed E-state index contributed by atoms with van der Waals surface area (Å²) in [6.07, 6.45) is 1.81. The average molecular weight is 364 g/mol. The number of nitrogens with two attached hydrogens (primary N) is 1. The van der Waals surface area contributed by atoms with Crippen LogP contribution >= 0.6 is 0 Å². The zero-order valence-electron chi connectivity index (χ0n) is 15.1. The molecule has 1 aliphatic rings. The number of carbonyl (C=O) groups is 1. The third kappa shape index (κ3) is 3.88. The number of likely N-dealkylation sites (tertiary alicyclic amines) is 1. The van der Waals surface area contributed by atoms with Gasteiger partial charge in [0.2, 0.25) is 11.5 Å². The van der Waals surface area contributed by atoms with E-state index in [2.05, 4.69) is 27.1 Å².